The molecule has 1 aliphatic heterocycles. The van der Waals surface area contributed by atoms with E-state index < -0.39 is 34.1 Å². The van der Waals surface area contributed by atoms with Gasteiger partial charge in [-0.15, -0.1) is 0 Å². The highest BCUT2D eigenvalue weighted by molar-refractivity contribution is 7.80. The number of hydrogen-bond donors (Lipinski definition) is 0. The average molecular weight is 667 g/mol. The summed E-state index contributed by atoms with van der Waals surface area (Å²) in [6, 6.07) is 12.1. The van der Waals surface area contributed by atoms with Gasteiger partial charge in [0, 0.05) is 56.6 Å². The summed E-state index contributed by atoms with van der Waals surface area (Å²) in [6.07, 6.45) is -3.85. The summed E-state index contributed by atoms with van der Waals surface area (Å²) >= 11 is 5.59. The summed E-state index contributed by atoms with van der Waals surface area (Å²) in [5.41, 5.74) is -0.741. The number of nitro benzene ring substituents is 1. The molecule has 5 rings (SSSR count). The quantitative estimate of drug-likeness (QED) is 0.105. The first-order chi connectivity index (χ1) is 21.8. The molecule has 0 radical (unpaired) electrons. The van der Waals surface area contributed by atoms with Crippen molar-refractivity contribution in [3.8, 4) is 5.88 Å². The molecule has 1 saturated heterocycles. The minimum atomic E-state index is -4.80. The second-order valence-electron chi connectivity index (χ2n) is 11.7. The van der Waals surface area contributed by atoms with Gasteiger partial charge in [0.15, 0.2) is 0 Å². The van der Waals surface area contributed by atoms with Crippen molar-refractivity contribution in [3.05, 3.63) is 93.2 Å². The van der Waals surface area contributed by atoms with E-state index in [0.717, 1.165) is 48.4 Å². The van der Waals surface area contributed by atoms with E-state index in [1.807, 2.05) is 12.1 Å². The van der Waals surface area contributed by atoms with Crippen molar-refractivity contribution in [2.24, 2.45) is 5.92 Å². The predicted molar refractivity (Wildman–Crippen MR) is 164 cm³/mol. The Labute approximate surface area is 267 Å². The van der Waals surface area contributed by atoms with Crippen LogP contribution in [-0.4, -0.2) is 52.1 Å². The zero-order valence-corrected chi connectivity index (χ0v) is 25.5. The number of rotatable bonds is 8. The number of alkyl halides is 6. The van der Waals surface area contributed by atoms with Crippen LogP contribution in [0.15, 0.2) is 60.8 Å². The summed E-state index contributed by atoms with van der Waals surface area (Å²) in [7, 11) is 0. The van der Waals surface area contributed by atoms with E-state index in [-0.39, 0.29) is 12.0 Å². The topological polar surface area (TPSA) is 71.7 Å². The van der Waals surface area contributed by atoms with Crippen molar-refractivity contribution in [1.29, 1.82) is 0 Å². The number of pyridine rings is 1. The van der Waals surface area contributed by atoms with Crippen LogP contribution < -0.4 is 9.64 Å². The van der Waals surface area contributed by atoms with Gasteiger partial charge in [-0.2, -0.15) is 26.3 Å². The lowest BCUT2D eigenvalue weighted by molar-refractivity contribution is -0.388. The van der Waals surface area contributed by atoms with Crippen molar-refractivity contribution in [2.45, 2.75) is 57.0 Å². The first-order valence-electron chi connectivity index (χ1n) is 14.9. The Morgan fingerprint density at radius 3 is 2.15 bits per heavy atom. The molecule has 1 aliphatic carbocycles. The number of hydrogen-bond acceptors (Lipinski definition) is 6. The van der Waals surface area contributed by atoms with Gasteiger partial charge in [0.25, 0.3) is 5.69 Å². The van der Waals surface area contributed by atoms with Crippen molar-refractivity contribution in [1.82, 2.24) is 9.88 Å². The second-order valence-corrected chi connectivity index (χ2v) is 12.1. The van der Waals surface area contributed by atoms with E-state index in [1.54, 1.807) is 6.20 Å². The van der Waals surface area contributed by atoms with Crippen molar-refractivity contribution in [3.63, 3.8) is 0 Å². The number of aromatic nitrogens is 1. The molecule has 2 aliphatic rings. The fraction of sp³-hybridized carbons (Fsp3) is 0.438. The van der Waals surface area contributed by atoms with Gasteiger partial charge in [-0.25, -0.2) is 4.98 Å². The van der Waals surface area contributed by atoms with Crippen molar-refractivity contribution in [2.75, 3.05) is 31.1 Å². The largest absolute Gasteiger partial charge is 0.474 e. The van der Waals surface area contributed by atoms with Gasteiger partial charge in [0.2, 0.25) is 5.88 Å². The lowest BCUT2D eigenvalue weighted by Gasteiger charge is -2.37. The predicted octanol–water partition coefficient (Wildman–Crippen LogP) is 7.90. The van der Waals surface area contributed by atoms with Gasteiger partial charge in [-0.05, 0) is 73.4 Å². The molecule has 0 N–H and O–H groups in total. The lowest BCUT2D eigenvalue weighted by Crippen LogP contribution is -2.48. The Kier molecular flexibility index (Phi) is 10.0. The van der Waals surface area contributed by atoms with Crippen LogP contribution in [-0.2, 0) is 25.2 Å². The minimum absolute atomic E-state index is 0.0824. The highest BCUT2D eigenvalue weighted by Crippen LogP contribution is 2.38. The molecule has 1 saturated carbocycles. The SMILES string of the molecule is O=[N+]([O-])c1ccc(CC2CCC(Oc3cc(N4CCN(C(=S)Cc5ccc(C(F)(F)F)cc5)CC4)ccn3)CC2)cc1C(F)(F)F. The maximum atomic E-state index is 13.4. The Morgan fingerprint density at radius 1 is 0.891 bits per heavy atom. The molecular weight excluding hydrogens is 634 g/mol. The molecule has 2 heterocycles. The van der Waals surface area contributed by atoms with Gasteiger partial charge in [0.1, 0.15) is 11.7 Å². The number of piperazine rings is 1. The molecule has 14 heteroatoms. The third-order valence-electron chi connectivity index (χ3n) is 8.52. The van der Waals surface area contributed by atoms with Gasteiger partial charge in [-0.1, -0.05) is 30.4 Å². The van der Waals surface area contributed by atoms with Crippen LogP contribution in [0.3, 0.4) is 0 Å². The van der Waals surface area contributed by atoms with E-state index in [4.69, 9.17) is 17.0 Å². The lowest BCUT2D eigenvalue weighted by atomic mass is 9.83. The summed E-state index contributed by atoms with van der Waals surface area (Å²) in [5.74, 6) is 0.634. The zero-order valence-electron chi connectivity index (χ0n) is 24.7. The number of thiocarbonyl (C=S) groups is 1. The van der Waals surface area contributed by atoms with E-state index in [2.05, 4.69) is 14.8 Å². The van der Waals surface area contributed by atoms with Crippen LogP contribution in [0.2, 0.25) is 0 Å². The molecule has 246 valence electrons. The standard InChI is InChI=1S/C32H32F6N4O3S/c33-31(34,35)24-6-1-22(2-7-24)19-30(46)41-15-13-40(14-16-41)25-11-12-39-29(20-25)45-26-8-3-21(4-9-26)17-23-5-10-28(42(43)44)27(18-23)32(36,37)38/h1-2,5-7,10-12,18,20-21,26H,3-4,8-9,13-17,19H2. The molecule has 1 aromatic heterocycles. The molecular formula is C32H32F6N4O3S. The van der Waals surface area contributed by atoms with E-state index in [1.165, 1.54) is 18.2 Å². The van der Waals surface area contributed by atoms with Gasteiger partial charge in [-0.3, -0.25) is 10.1 Å². The Bertz CT molecular complexity index is 1530. The number of benzene rings is 2. The monoisotopic (exact) mass is 666 g/mol. The molecule has 2 aromatic carbocycles. The second kappa shape index (κ2) is 13.8. The third kappa shape index (κ3) is 8.45. The minimum Gasteiger partial charge on any atom is -0.474 e. The van der Waals surface area contributed by atoms with Crippen molar-refractivity contribution >= 4 is 28.6 Å². The van der Waals surface area contributed by atoms with Crippen LogP contribution >= 0.6 is 12.2 Å². The van der Waals surface area contributed by atoms with E-state index >= 15 is 0 Å². The first kappa shape index (κ1) is 33.4. The zero-order chi connectivity index (χ0) is 33.1. The first-order valence-corrected chi connectivity index (χ1v) is 15.3. The normalized spacial score (nSPS) is 19.2. The molecule has 0 amide bonds. The molecule has 46 heavy (non-hydrogen) atoms. The summed E-state index contributed by atoms with van der Waals surface area (Å²) < 4.78 is 84.8. The molecule has 3 aromatic rings. The fourth-order valence-corrected chi connectivity index (χ4v) is 6.38. The Balaban J connectivity index is 1.09. The van der Waals surface area contributed by atoms with E-state index in [0.29, 0.717) is 68.3 Å². The Morgan fingerprint density at radius 2 is 1.54 bits per heavy atom. The van der Waals surface area contributed by atoms with Crippen LogP contribution in [0, 0.1) is 16.0 Å². The highest BCUT2D eigenvalue weighted by Gasteiger charge is 2.38. The summed E-state index contributed by atoms with van der Waals surface area (Å²) in [5, 5.41) is 11.0. The molecule has 0 spiro atoms. The van der Waals surface area contributed by atoms with Crippen LogP contribution in [0.5, 0.6) is 5.88 Å². The maximum absolute atomic E-state index is 13.4. The van der Waals surface area contributed by atoms with Gasteiger partial charge in [0.05, 0.1) is 15.5 Å². The average Bonchev–Trinajstić information content (AvgIpc) is 3.01. The van der Waals surface area contributed by atoms with Gasteiger partial charge < -0.3 is 14.5 Å². The van der Waals surface area contributed by atoms with Crippen LogP contribution in [0.1, 0.15) is 47.9 Å². The number of ether oxygens (including phenoxy) is 1. The number of nitrogens with zero attached hydrogens (tertiary/aromatic N) is 4. The molecule has 7 nitrogen and oxygen atoms in total. The smallest absolute Gasteiger partial charge is 0.423 e. The molecule has 0 atom stereocenters. The summed E-state index contributed by atoms with van der Waals surface area (Å²) in [6.45, 7) is 2.73. The number of anilines is 1. The molecule has 0 bridgehead atoms. The van der Waals surface area contributed by atoms with Crippen LogP contribution in [0.4, 0.5) is 37.7 Å². The third-order valence-corrected chi connectivity index (χ3v) is 8.92. The number of halogens is 6. The van der Waals surface area contributed by atoms with Gasteiger partial charge >= 0.3 is 12.4 Å². The summed E-state index contributed by atoms with van der Waals surface area (Å²) in [4.78, 5) is 19.4. The van der Waals surface area contributed by atoms with E-state index in [9.17, 15) is 36.5 Å². The van der Waals surface area contributed by atoms with Crippen LogP contribution in [0.25, 0.3) is 0 Å². The van der Waals surface area contributed by atoms with Crippen molar-refractivity contribution < 1.29 is 36.0 Å². The highest BCUT2D eigenvalue weighted by atomic mass is 32.1. The molecule has 2 fully saturated rings. The number of nitro groups is 1. The fourth-order valence-electron chi connectivity index (χ4n) is 6.03. The Hall–Kier alpha value is -3.94. The maximum Gasteiger partial charge on any atom is 0.423 e. The molecule has 0 unspecified atom stereocenters.